The van der Waals surface area contributed by atoms with Crippen LogP contribution in [0, 0.1) is 5.92 Å². The van der Waals surface area contributed by atoms with Crippen LogP contribution in [0.2, 0.25) is 0 Å². The Kier molecular flexibility index (Phi) is 5.63. The Bertz CT molecular complexity index is 439. The minimum Gasteiger partial charge on any atom is -0.493 e. The summed E-state index contributed by atoms with van der Waals surface area (Å²) in [6.07, 6.45) is 6.30. The summed E-state index contributed by atoms with van der Waals surface area (Å²) in [6.45, 7) is 5.08. The van der Waals surface area contributed by atoms with Crippen molar-refractivity contribution in [3.63, 3.8) is 0 Å². The maximum Gasteiger partial charge on any atom is 0.140 e. The number of fused-ring (bicyclic) bond motifs is 1. The van der Waals surface area contributed by atoms with Crippen LogP contribution >= 0.6 is 0 Å². The summed E-state index contributed by atoms with van der Waals surface area (Å²) < 4.78 is 5.65. The van der Waals surface area contributed by atoms with E-state index in [0.29, 0.717) is 18.3 Å². The van der Waals surface area contributed by atoms with Crippen molar-refractivity contribution in [3.8, 4) is 5.75 Å². The van der Waals surface area contributed by atoms with Crippen LogP contribution in [0.4, 0.5) is 0 Å². The maximum atomic E-state index is 12.6. The fourth-order valence-corrected chi connectivity index (χ4v) is 3.05. The lowest BCUT2D eigenvalue weighted by Crippen LogP contribution is -2.23. The fourth-order valence-electron chi connectivity index (χ4n) is 3.05. The van der Waals surface area contributed by atoms with E-state index in [1.54, 1.807) is 0 Å². The van der Waals surface area contributed by atoms with Crippen molar-refractivity contribution in [2.45, 2.75) is 58.3 Å². The van der Waals surface area contributed by atoms with Gasteiger partial charge < -0.3 is 4.74 Å². The smallest absolute Gasteiger partial charge is 0.140 e. The van der Waals surface area contributed by atoms with E-state index in [1.165, 1.54) is 19.3 Å². The average molecular weight is 274 g/mol. The molecule has 20 heavy (non-hydrogen) atoms. The zero-order chi connectivity index (χ0) is 14.4. The van der Waals surface area contributed by atoms with E-state index in [4.69, 9.17) is 4.74 Å². The summed E-state index contributed by atoms with van der Waals surface area (Å²) in [4.78, 5) is 12.6. The van der Waals surface area contributed by atoms with Gasteiger partial charge in [-0.1, -0.05) is 57.7 Å². The molecule has 0 spiro atoms. The standard InChI is InChI=1S/C18H26O2/c1-3-5-8-14(4-2)13-17(19)15-11-12-20-18-10-7-6-9-16(15)18/h6-7,9-10,14-15H,3-5,8,11-13H2,1-2H3. The molecule has 2 heteroatoms. The zero-order valence-electron chi connectivity index (χ0n) is 12.7. The molecule has 0 bridgehead atoms. The quantitative estimate of drug-likeness (QED) is 0.718. The van der Waals surface area contributed by atoms with Crippen LogP contribution < -0.4 is 4.74 Å². The van der Waals surface area contributed by atoms with E-state index in [1.807, 2.05) is 24.3 Å². The van der Waals surface area contributed by atoms with Crippen molar-refractivity contribution in [3.05, 3.63) is 29.8 Å². The predicted molar refractivity (Wildman–Crippen MR) is 82.2 cm³/mol. The average Bonchev–Trinajstić information content (AvgIpc) is 2.50. The topological polar surface area (TPSA) is 26.3 Å². The lowest BCUT2D eigenvalue weighted by Gasteiger charge is -2.26. The highest BCUT2D eigenvalue weighted by atomic mass is 16.5. The molecule has 1 heterocycles. The molecule has 1 aromatic carbocycles. The third kappa shape index (κ3) is 3.62. The second kappa shape index (κ2) is 7.47. The van der Waals surface area contributed by atoms with E-state index in [2.05, 4.69) is 13.8 Å². The number of unbranched alkanes of at least 4 members (excludes halogenated alkanes) is 1. The van der Waals surface area contributed by atoms with Gasteiger partial charge in [-0.2, -0.15) is 0 Å². The van der Waals surface area contributed by atoms with Crippen LogP contribution in [0.15, 0.2) is 24.3 Å². The molecule has 0 aliphatic carbocycles. The van der Waals surface area contributed by atoms with Crippen LogP contribution in [-0.4, -0.2) is 12.4 Å². The number of carbonyl (C=O) groups is 1. The molecule has 0 radical (unpaired) electrons. The van der Waals surface area contributed by atoms with Gasteiger partial charge in [0, 0.05) is 17.9 Å². The Labute approximate surface area is 122 Å². The second-order valence-electron chi connectivity index (χ2n) is 5.81. The first-order chi connectivity index (χ1) is 9.76. The number of hydrogen-bond acceptors (Lipinski definition) is 2. The van der Waals surface area contributed by atoms with Gasteiger partial charge in [0.2, 0.25) is 0 Å². The molecule has 2 rings (SSSR count). The maximum absolute atomic E-state index is 12.6. The van der Waals surface area contributed by atoms with E-state index < -0.39 is 0 Å². The first kappa shape index (κ1) is 15.1. The van der Waals surface area contributed by atoms with Crippen LogP contribution in [0.1, 0.15) is 63.9 Å². The van der Waals surface area contributed by atoms with Crippen LogP contribution in [0.3, 0.4) is 0 Å². The number of ketones is 1. The Morgan fingerprint density at radius 1 is 1.35 bits per heavy atom. The highest BCUT2D eigenvalue weighted by Crippen LogP contribution is 2.35. The van der Waals surface area contributed by atoms with Gasteiger partial charge in [0.05, 0.1) is 6.61 Å². The van der Waals surface area contributed by atoms with Gasteiger partial charge in [0.15, 0.2) is 0 Å². The van der Waals surface area contributed by atoms with Gasteiger partial charge >= 0.3 is 0 Å². The molecule has 0 amide bonds. The number of para-hydroxylation sites is 1. The van der Waals surface area contributed by atoms with Gasteiger partial charge in [-0.15, -0.1) is 0 Å². The summed E-state index contributed by atoms with van der Waals surface area (Å²) in [5.41, 5.74) is 1.09. The third-order valence-electron chi connectivity index (χ3n) is 4.38. The molecule has 0 saturated carbocycles. The molecule has 1 aliphatic rings. The summed E-state index contributed by atoms with van der Waals surface area (Å²) in [5.74, 6) is 1.91. The van der Waals surface area contributed by atoms with Crippen molar-refractivity contribution in [2.75, 3.05) is 6.61 Å². The normalized spacial score (nSPS) is 19.0. The molecule has 110 valence electrons. The molecule has 0 saturated heterocycles. The summed E-state index contributed by atoms with van der Waals surface area (Å²) in [5, 5.41) is 0. The number of hydrogen-bond donors (Lipinski definition) is 0. The third-order valence-corrected chi connectivity index (χ3v) is 4.38. The fraction of sp³-hybridized carbons (Fsp3) is 0.611. The molecule has 1 aromatic rings. The summed E-state index contributed by atoms with van der Waals surface area (Å²) in [7, 11) is 0. The highest BCUT2D eigenvalue weighted by Gasteiger charge is 2.28. The van der Waals surface area contributed by atoms with Crippen molar-refractivity contribution in [1.82, 2.24) is 0 Å². The van der Waals surface area contributed by atoms with Crippen molar-refractivity contribution < 1.29 is 9.53 Å². The van der Waals surface area contributed by atoms with Gasteiger partial charge in [0.1, 0.15) is 11.5 Å². The molecule has 0 aromatic heterocycles. The Morgan fingerprint density at radius 3 is 2.90 bits per heavy atom. The monoisotopic (exact) mass is 274 g/mol. The minimum atomic E-state index is 0.0515. The van der Waals surface area contributed by atoms with Crippen molar-refractivity contribution in [1.29, 1.82) is 0 Å². The number of ether oxygens (including phenoxy) is 1. The molecule has 2 atom stereocenters. The Hall–Kier alpha value is -1.31. The first-order valence-electron chi connectivity index (χ1n) is 8.00. The van der Waals surface area contributed by atoms with Gasteiger partial charge in [-0.3, -0.25) is 4.79 Å². The number of rotatable bonds is 7. The molecule has 2 unspecified atom stereocenters. The highest BCUT2D eigenvalue weighted by molar-refractivity contribution is 5.86. The van der Waals surface area contributed by atoms with Crippen LogP contribution in [0.5, 0.6) is 5.75 Å². The van der Waals surface area contributed by atoms with Crippen LogP contribution in [-0.2, 0) is 4.79 Å². The minimum absolute atomic E-state index is 0.0515. The molecule has 0 fully saturated rings. The molecular formula is C18H26O2. The lowest BCUT2D eigenvalue weighted by molar-refractivity contribution is -0.122. The second-order valence-corrected chi connectivity index (χ2v) is 5.81. The van der Waals surface area contributed by atoms with E-state index >= 15 is 0 Å². The summed E-state index contributed by atoms with van der Waals surface area (Å²) >= 11 is 0. The van der Waals surface area contributed by atoms with Crippen molar-refractivity contribution in [2.24, 2.45) is 5.92 Å². The predicted octanol–water partition coefficient (Wildman–Crippen LogP) is 4.73. The van der Waals surface area contributed by atoms with E-state index in [0.717, 1.165) is 30.6 Å². The Morgan fingerprint density at radius 2 is 2.15 bits per heavy atom. The number of Topliss-reactive ketones (excluding diaryl/α,β-unsaturated/α-hetero) is 1. The van der Waals surface area contributed by atoms with E-state index in [9.17, 15) is 4.79 Å². The molecule has 0 N–H and O–H groups in total. The summed E-state index contributed by atoms with van der Waals surface area (Å²) in [6, 6.07) is 8.00. The van der Waals surface area contributed by atoms with Crippen molar-refractivity contribution >= 4 is 5.78 Å². The first-order valence-corrected chi connectivity index (χ1v) is 8.00. The molecule has 2 nitrogen and oxygen atoms in total. The molecular weight excluding hydrogens is 248 g/mol. The Balaban J connectivity index is 2.03. The largest absolute Gasteiger partial charge is 0.493 e. The SMILES string of the molecule is CCCCC(CC)CC(=O)C1CCOc2ccccc21. The molecule has 1 aliphatic heterocycles. The van der Waals surface area contributed by atoms with E-state index in [-0.39, 0.29) is 5.92 Å². The van der Waals surface area contributed by atoms with Gasteiger partial charge in [-0.05, 0) is 18.4 Å². The van der Waals surface area contributed by atoms with Gasteiger partial charge in [0.25, 0.3) is 0 Å². The zero-order valence-corrected chi connectivity index (χ0v) is 12.7. The lowest BCUT2D eigenvalue weighted by atomic mass is 9.83. The number of benzene rings is 1. The number of carbonyl (C=O) groups excluding carboxylic acids is 1. The van der Waals surface area contributed by atoms with Crippen LogP contribution in [0.25, 0.3) is 0 Å². The van der Waals surface area contributed by atoms with Gasteiger partial charge in [-0.25, -0.2) is 0 Å².